The minimum absolute atomic E-state index is 0.248. The van der Waals surface area contributed by atoms with Crippen LogP contribution in [0.3, 0.4) is 0 Å². The van der Waals surface area contributed by atoms with Gasteiger partial charge in [-0.3, -0.25) is 0 Å². The van der Waals surface area contributed by atoms with Crippen LogP contribution in [0.2, 0.25) is 0 Å². The molecule has 0 radical (unpaired) electrons. The summed E-state index contributed by atoms with van der Waals surface area (Å²) in [6.45, 7) is 0.459. The van der Waals surface area contributed by atoms with Crippen molar-refractivity contribution >= 4 is 17.4 Å². The molecule has 0 aromatic heterocycles. The van der Waals surface area contributed by atoms with Gasteiger partial charge in [-0.25, -0.2) is 4.39 Å². The lowest BCUT2D eigenvalue weighted by atomic mass is 10.3. The minimum Gasteiger partial charge on any atom is -0.490 e. The van der Waals surface area contributed by atoms with Crippen molar-refractivity contribution in [3.05, 3.63) is 54.3 Å². The number of ether oxygens (including phenoxy) is 1. The second kappa shape index (κ2) is 6.31. The zero-order chi connectivity index (χ0) is 12.8. The van der Waals surface area contributed by atoms with Gasteiger partial charge in [0.05, 0.1) is 6.61 Å². The molecule has 94 valence electrons. The summed E-state index contributed by atoms with van der Waals surface area (Å²) in [5, 5.41) is 0. The first kappa shape index (κ1) is 12.8. The van der Waals surface area contributed by atoms with Gasteiger partial charge in [-0.15, -0.1) is 11.8 Å². The Morgan fingerprint density at radius 3 is 2.61 bits per heavy atom. The van der Waals surface area contributed by atoms with Crippen molar-refractivity contribution in [1.29, 1.82) is 0 Å². The molecule has 0 bridgehead atoms. The van der Waals surface area contributed by atoms with E-state index < -0.39 is 5.82 Å². The number of hydrogen-bond donors (Lipinski definition) is 1. The summed E-state index contributed by atoms with van der Waals surface area (Å²) in [7, 11) is 0. The van der Waals surface area contributed by atoms with Gasteiger partial charge in [-0.1, -0.05) is 18.2 Å². The molecule has 0 spiro atoms. The minimum atomic E-state index is -0.417. The number of nitrogens with two attached hydrogens (primary N) is 1. The molecule has 2 aromatic rings. The average molecular weight is 263 g/mol. The van der Waals surface area contributed by atoms with E-state index in [-0.39, 0.29) is 5.75 Å². The van der Waals surface area contributed by atoms with Crippen LogP contribution >= 0.6 is 11.8 Å². The standard InChI is InChI=1S/C14H14FNOS/c15-13-10-11(16)6-7-14(13)17-8-9-18-12-4-2-1-3-5-12/h1-7,10H,8-9,16H2. The molecular formula is C14H14FNOS. The molecule has 0 saturated carbocycles. The molecule has 0 unspecified atom stereocenters. The molecule has 0 heterocycles. The van der Waals surface area contributed by atoms with Crippen LogP contribution in [0, 0.1) is 5.82 Å². The molecular weight excluding hydrogens is 249 g/mol. The maximum absolute atomic E-state index is 13.4. The molecule has 2 nitrogen and oxygen atoms in total. The van der Waals surface area contributed by atoms with E-state index in [9.17, 15) is 4.39 Å². The van der Waals surface area contributed by atoms with E-state index in [1.807, 2.05) is 30.3 Å². The van der Waals surface area contributed by atoms with Crippen LogP contribution in [0.25, 0.3) is 0 Å². The number of anilines is 1. The Balaban J connectivity index is 1.79. The molecule has 0 saturated heterocycles. The topological polar surface area (TPSA) is 35.2 Å². The highest BCUT2D eigenvalue weighted by Gasteiger charge is 2.03. The van der Waals surface area contributed by atoms with Gasteiger partial charge in [0.25, 0.3) is 0 Å². The van der Waals surface area contributed by atoms with Crippen molar-refractivity contribution in [3.8, 4) is 5.75 Å². The first-order valence-electron chi connectivity index (χ1n) is 5.61. The molecule has 0 aliphatic heterocycles. The summed E-state index contributed by atoms with van der Waals surface area (Å²) >= 11 is 1.68. The lowest BCUT2D eigenvalue weighted by molar-refractivity contribution is 0.325. The highest BCUT2D eigenvalue weighted by molar-refractivity contribution is 7.99. The van der Waals surface area contributed by atoms with Gasteiger partial charge >= 0.3 is 0 Å². The van der Waals surface area contributed by atoms with Gasteiger partial charge in [0, 0.05) is 22.4 Å². The van der Waals surface area contributed by atoms with Crippen molar-refractivity contribution in [2.75, 3.05) is 18.1 Å². The third kappa shape index (κ3) is 3.67. The lowest BCUT2D eigenvalue weighted by Gasteiger charge is -2.07. The van der Waals surface area contributed by atoms with E-state index in [0.29, 0.717) is 12.3 Å². The third-order valence-electron chi connectivity index (χ3n) is 2.31. The summed E-state index contributed by atoms with van der Waals surface area (Å²) in [6.07, 6.45) is 0. The lowest BCUT2D eigenvalue weighted by Crippen LogP contribution is -2.02. The molecule has 0 aliphatic rings. The Morgan fingerprint density at radius 2 is 1.89 bits per heavy atom. The number of thioether (sulfide) groups is 1. The van der Waals surface area contributed by atoms with E-state index in [4.69, 9.17) is 10.5 Å². The Labute approximate surface area is 110 Å². The first-order valence-corrected chi connectivity index (χ1v) is 6.60. The van der Waals surface area contributed by atoms with Crippen LogP contribution in [-0.2, 0) is 0 Å². The predicted molar refractivity (Wildman–Crippen MR) is 73.5 cm³/mol. The van der Waals surface area contributed by atoms with Crippen molar-refractivity contribution in [1.82, 2.24) is 0 Å². The van der Waals surface area contributed by atoms with Gasteiger partial charge in [-0.2, -0.15) is 0 Å². The maximum atomic E-state index is 13.4. The summed E-state index contributed by atoms with van der Waals surface area (Å²) in [5.74, 6) is 0.603. The van der Waals surface area contributed by atoms with Crippen LogP contribution in [-0.4, -0.2) is 12.4 Å². The molecule has 4 heteroatoms. The van der Waals surface area contributed by atoms with Gasteiger partial charge in [0.1, 0.15) is 0 Å². The number of hydrogen-bond acceptors (Lipinski definition) is 3. The summed E-state index contributed by atoms with van der Waals surface area (Å²) in [6, 6.07) is 14.5. The van der Waals surface area contributed by atoms with Crippen molar-refractivity contribution in [2.45, 2.75) is 4.90 Å². The van der Waals surface area contributed by atoms with Crippen LogP contribution in [0.15, 0.2) is 53.4 Å². The van der Waals surface area contributed by atoms with E-state index in [2.05, 4.69) is 0 Å². The van der Waals surface area contributed by atoms with Crippen molar-refractivity contribution in [3.63, 3.8) is 0 Å². The number of benzene rings is 2. The fourth-order valence-corrected chi connectivity index (χ4v) is 2.21. The molecule has 2 N–H and O–H groups in total. The Hall–Kier alpha value is -1.68. The van der Waals surface area contributed by atoms with Crippen LogP contribution in [0.4, 0.5) is 10.1 Å². The van der Waals surface area contributed by atoms with E-state index in [1.54, 1.807) is 23.9 Å². The SMILES string of the molecule is Nc1ccc(OCCSc2ccccc2)c(F)c1. The highest BCUT2D eigenvalue weighted by Crippen LogP contribution is 2.21. The Kier molecular flexibility index (Phi) is 4.47. The summed E-state index contributed by atoms with van der Waals surface area (Å²) in [4.78, 5) is 1.18. The predicted octanol–water partition coefficient (Wildman–Crippen LogP) is 3.58. The van der Waals surface area contributed by atoms with Gasteiger partial charge < -0.3 is 10.5 Å². The second-order valence-electron chi connectivity index (χ2n) is 3.70. The molecule has 0 fully saturated rings. The number of nitrogen functional groups attached to an aromatic ring is 1. The first-order chi connectivity index (χ1) is 8.75. The fourth-order valence-electron chi connectivity index (χ4n) is 1.46. The monoisotopic (exact) mass is 263 g/mol. The van der Waals surface area contributed by atoms with Crippen molar-refractivity contribution in [2.24, 2.45) is 0 Å². The second-order valence-corrected chi connectivity index (χ2v) is 4.87. The normalized spacial score (nSPS) is 10.3. The number of rotatable bonds is 5. The molecule has 18 heavy (non-hydrogen) atoms. The Bertz CT molecular complexity index is 504. The van der Waals surface area contributed by atoms with Crippen molar-refractivity contribution < 1.29 is 9.13 Å². The summed E-state index contributed by atoms with van der Waals surface area (Å²) in [5.41, 5.74) is 5.86. The van der Waals surface area contributed by atoms with Crippen LogP contribution in [0.1, 0.15) is 0 Å². The van der Waals surface area contributed by atoms with E-state index in [0.717, 1.165) is 5.75 Å². The largest absolute Gasteiger partial charge is 0.490 e. The molecule has 0 atom stereocenters. The average Bonchev–Trinajstić information content (AvgIpc) is 2.38. The molecule has 0 aliphatic carbocycles. The van der Waals surface area contributed by atoms with Crippen LogP contribution < -0.4 is 10.5 Å². The maximum Gasteiger partial charge on any atom is 0.167 e. The molecule has 2 rings (SSSR count). The zero-order valence-corrected chi connectivity index (χ0v) is 10.6. The fraction of sp³-hybridized carbons (Fsp3) is 0.143. The zero-order valence-electron chi connectivity index (χ0n) is 9.80. The Morgan fingerprint density at radius 1 is 1.11 bits per heavy atom. The smallest absolute Gasteiger partial charge is 0.167 e. The summed E-state index contributed by atoms with van der Waals surface area (Å²) < 4.78 is 18.8. The molecule has 2 aromatic carbocycles. The third-order valence-corrected chi connectivity index (χ3v) is 3.29. The number of halogens is 1. The van der Waals surface area contributed by atoms with Gasteiger partial charge in [-0.05, 0) is 24.3 Å². The van der Waals surface area contributed by atoms with E-state index in [1.165, 1.54) is 11.0 Å². The quantitative estimate of drug-likeness (QED) is 0.509. The highest BCUT2D eigenvalue weighted by atomic mass is 32.2. The van der Waals surface area contributed by atoms with Gasteiger partial charge in [0.2, 0.25) is 0 Å². The van der Waals surface area contributed by atoms with Crippen LogP contribution in [0.5, 0.6) is 5.75 Å². The van der Waals surface area contributed by atoms with Gasteiger partial charge in [0.15, 0.2) is 11.6 Å². The van der Waals surface area contributed by atoms with E-state index >= 15 is 0 Å². The molecule has 0 amide bonds.